The molecule has 0 spiro atoms. The van der Waals surface area contributed by atoms with Crippen LogP contribution in [0.2, 0.25) is 0 Å². The molecule has 2 amide bonds. The smallest absolute Gasteiger partial charge is 0.408 e. The Hall–Kier alpha value is -2.04. The topological polar surface area (TPSA) is 67.4 Å². The van der Waals surface area contributed by atoms with Crippen LogP contribution in [0.15, 0.2) is 30.3 Å². The van der Waals surface area contributed by atoms with Gasteiger partial charge in [0.2, 0.25) is 5.91 Å². The normalized spacial score (nSPS) is 12.4. The molecule has 0 aromatic heterocycles. The van der Waals surface area contributed by atoms with Gasteiger partial charge in [0.05, 0.1) is 0 Å². The largest absolute Gasteiger partial charge is 0.444 e. The van der Waals surface area contributed by atoms with E-state index in [2.05, 4.69) is 10.6 Å². The van der Waals surface area contributed by atoms with Gasteiger partial charge >= 0.3 is 6.09 Å². The van der Waals surface area contributed by atoms with E-state index in [0.29, 0.717) is 13.0 Å². The van der Waals surface area contributed by atoms with E-state index in [1.807, 2.05) is 37.3 Å². The van der Waals surface area contributed by atoms with Crippen LogP contribution in [-0.4, -0.2) is 23.6 Å². The van der Waals surface area contributed by atoms with Gasteiger partial charge in [-0.3, -0.25) is 4.79 Å². The molecule has 0 saturated heterocycles. The van der Waals surface area contributed by atoms with Crippen LogP contribution in [0.25, 0.3) is 0 Å². The summed E-state index contributed by atoms with van der Waals surface area (Å²) in [6, 6.07) is 9.02. The van der Waals surface area contributed by atoms with Crippen molar-refractivity contribution in [1.29, 1.82) is 0 Å². The minimum absolute atomic E-state index is 0.216. The predicted octanol–water partition coefficient (Wildman–Crippen LogP) is 2.61. The second-order valence-electron chi connectivity index (χ2n) is 5.81. The molecular weight excluding hydrogens is 268 g/mol. The van der Waals surface area contributed by atoms with Crippen LogP contribution in [0.5, 0.6) is 0 Å². The highest BCUT2D eigenvalue weighted by Gasteiger charge is 2.22. The van der Waals surface area contributed by atoms with Crippen molar-refractivity contribution in [2.24, 2.45) is 0 Å². The third kappa shape index (κ3) is 6.79. The van der Waals surface area contributed by atoms with Crippen LogP contribution in [0.1, 0.15) is 39.7 Å². The van der Waals surface area contributed by atoms with Crippen molar-refractivity contribution in [1.82, 2.24) is 10.6 Å². The number of carbonyl (C=O) groups is 2. The molecule has 0 aliphatic heterocycles. The molecule has 1 aromatic carbocycles. The summed E-state index contributed by atoms with van der Waals surface area (Å²) in [6.45, 7) is 7.62. The van der Waals surface area contributed by atoms with Gasteiger partial charge in [0.15, 0.2) is 0 Å². The van der Waals surface area contributed by atoms with Crippen LogP contribution < -0.4 is 10.6 Å². The van der Waals surface area contributed by atoms with Crippen molar-refractivity contribution in [3.63, 3.8) is 0 Å². The minimum atomic E-state index is -0.594. The van der Waals surface area contributed by atoms with E-state index in [4.69, 9.17) is 4.74 Å². The fourth-order valence-electron chi connectivity index (χ4n) is 1.71. The number of benzene rings is 1. The molecule has 0 heterocycles. The van der Waals surface area contributed by atoms with Crippen LogP contribution in [0.3, 0.4) is 0 Å². The summed E-state index contributed by atoms with van der Waals surface area (Å²) < 4.78 is 5.15. The lowest BCUT2D eigenvalue weighted by Crippen LogP contribution is -2.47. The molecule has 0 aliphatic carbocycles. The van der Waals surface area contributed by atoms with E-state index < -0.39 is 17.7 Å². The first-order valence-electron chi connectivity index (χ1n) is 7.13. The molecule has 116 valence electrons. The second-order valence-corrected chi connectivity index (χ2v) is 5.81. The molecule has 5 nitrogen and oxygen atoms in total. The molecule has 0 aliphatic rings. The Labute approximate surface area is 126 Å². The third-order valence-electron chi connectivity index (χ3n) is 2.73. The van der Waals surface area contributed by atoms with Crippen molar-refractivity contribution >= 4 is 12.0 Å². The Balaban J connectivity index is 2.48. The van der Waals surface area contributed by atoms with Crippen LogP contribution in [-0.2, 0) is 16.1 Å². The van der Waals surface area contributed by atoms with Crippen LogP contribution in [0.4, 0.5) is 4.79 Å². The molecule has 0 saturated carbocycles. The van der Waals surface area contributed by atoms with Crippen LogP contribution in [0, 0.1) is 0 Å². The van der Waals surface area contributed by atoms with Gasteiger partial charge in [0.1, 0.15) is 11.6 Å². The van der Waals surface area contributed by atoms with E-state index in [1.165, 1.54) is 0 Å². The van der Waals surface area contributed by atoms with E-state index >= 15 is 0 Å². The standard InChI is InChI=1S/C16H24N2O3/c1-5-13(18-15(20)21-16(2,3)4)14(19)17-11-12-9-7-6-8-10-12/h6-10,13H,5,11H2,1-4H3,(H,17,19)(H,18,20). The number of hydrogen-bond acceptors (Lipinski definition) is 3. The average Bonchev–Trinajstić information content (AvgIpc) is 2.41. The number of ether oxygens (including phenoxy) is 1. The molecule has 5 heteroatoms. The predicted molar refractivity (Wildman–Crippen MR) is 81.7 cm³/mol. The summed E-state index contributed by atoms with van der Waals surface area (Å²) in [5.41, 5.74) is 0.432. The summed E-state index contributed by atoms with van der Waals surface area (Å²) in [5.74, 6) is -0.216. The highest BCUT2D eigenvalue weighted by Crippen LogP contribution is 2.07. The van der Waals surface area contributed by atoms with Gasteiger partial charge in [-0.05, 0) is 32.8 Å². The van der Waals surface area contributed by atoms with Crippen molar-refractivity contribution < 1.29 is 14.3 Å². The summed E-state index contributed by atoms with van der Waals surface area (Å²) in [7, 11) is 0. The Morgan fingerprint density at radius 2 is 1.81 bits per heavy atom. The number of carbonyl (C=O) groups excluding carboxylic acids is 2. The van der Waals surface area contributed by atoms with Crippen molar-refractivity contribution in [2.75, 3.05) is 0 Å². The summed E-state index contributed by atoms with van der Waals surface area (Å²) in [4.78, 5) is 23.8. The molecule has 1 aromatic rings. The quantitative estimate of drug-likeness (QED) is 0.876. The molecule has 2 N–H and O–H groups in total. The van der Waals surface area contributed by atoms with Crippen molar-refractivity contribution in [3.05, 3.63) is 35.9 Å². The van der Waals surface area contributed by atoms with Gasteiger partial charge in [-0.25, -0.2) is 4.79 Å². The SMILES string of the molecule is CCC(NC(=O)OC(C)(C)C)C(=O)NCc1ccccc1. The van der Waals surface area contributed by atoms with Gasteiger partial charge in [-0.1, -0.05) is 37.3 Å². The van der Waals surface area contributed by atoms with Gasteiger partial charge in [0, 0.05) is 6.54 Å². The molecule has 1 unspecified atom stereocenters. The first-order valence-corrected chi connectivity index (χ1v) is 7.13. The van der Waals surface area contributed by atoms with E-state index in [1.54, 1.807) is 20.8 Å². The number of nitrogens with one attached hydrogen (secondary N) is 2. The first-order chi connectivity index (χ1) is 9.81. The molecule has 0 radical (unpaired) electrons. The Bertz CT molecular complexity index is 466. The molecule has 0 fully saturated rings. The van der Waals surface area contributed by atoms with Gasteiger partial charge in [-0.2, -0.15) is 0 Å². The van der Waals surface area contributed by atoms with Gasteiger partial charge < -0.3 is 15.4 Å². The van der Waals surface area contributed by atoms with E-state index in [0.717, 1.165) is 5.56 Å². The van der Waals surface area contributed by atoms with E-state index in [9.17, 15) is 9.59 Å². The number of amides is 2. The zero-order valence-corrected chi connectivity index (χ0v) is 13.1. The monoisotopic (exact) mass is 292 g/mol. The Kier molecular flexibility index (Phi) is 6.21. The number of rotatable bonds is 5. The third-order valence-corrected chi connectivity index (χ3v) is 2.73. The number of hydrogen-bond donors (Lipinski definition) is 2. The molecule has 1 rings (SSSR count). The van der Waals surface area contributed by atoms with Gasteiger partial charge in [0.25, 0.3) is 0 Å². The summed E-state index contributed by atoms with van der Waals surface area (Å²) in [6.07, 6.45) is -0.0796. The van der Waals surface area contributed by atoms with Crippen molar-refractivity contribution in [3.8, 4) is 0 Å². The van der Waals surface area contributed by atoms with Crippen molar-refractivity contribution in [2.45, 2.75) is 52.3 Å². The number of alkyl carbamates (subject to hydrolysis) is 1. The second kappa shape index (κ2) is 7.67. The minimum Gasteiger partial charge on any atom is -0.444 e. The lowest BCUT2D eigenvalue weighted by Gasteiger charge is -2.22. The fourth-order valence-corrected chi connectivity index (χ4v) is 1.71. The maximum absolute atomic E-state index is 12.1. The highest BCUT2D eigenvalue weighted by molar-refractivity contribution is 5.85. The zero-order chi connectivity index (χ0) is 15.9. The van der Waals surface area contributed by atoms with Crippen LogP contribution >= 0.6 is 0 Å². The lowest BCUT2D eigenvalue weighted by atomic mass is 10.2. The Morgan fingerprint density at radius 1 is 1.19 bits per heavy atom. The Morgan fingerprint density at radius 3 is 2.33 bits per heavy atom. The lowest BCUT2D eigenvalue weighted by molar-refractivity contribution is -0.123. The average molecular weight is 292 g/mol. The molecule has 1 atom stereocenters. The molecule has 21 heavy (non-hydrogen) atoms. The summed E-state index contributed by atoms with van der Waals surface area (Å²) in [5, 5.41) is 5.40. The fraction of sp³-hybridized carbons (Fsp3) is 0.500. The molecule has 0 bridgehead atoms. The first kappa shape index (κ1) is 17.0. The maximum atomic E-state index is 12.1. The van der Waals surface area contributed by atoms with Gasteiger partial charge in [-0.15, -0.1) is 0 Å². The molecular formula is C16H24N2O3. The highest BCUT2D eigenvalue weighted by atomic mass is 16.6. The van der Waals surface area contributed by atoms with E-state index in [-0.39, 0.29) is 5.91 Å². The maximum Gasteiger partial charge on any atom is 0.408 e. The summed E-state index contributed by atoms with van der Waals surface area (Å²) >= 11 is 0. The zero-order valence-electron chi connectivity index (χ0n) is 13.1.